The molecule has 16 heavy (non-hydrogen) atoms. The van der Waals surface area contributed by atoms with Crippen molar-refractivity contribution < 1.29 is 0 Å². The number of rotatable bonds is 3. The van der Waals surface area contributed by atoms with Crippen molar-refractivity contribution in [1.29, 1.82) is 0 Å². The van der Waals surface area contributed by atoms with Crippen LogP contribution in [0.25, 0.3) is 0 Å². The van der Waals surface area contributed by atoms with Crippen LogP contribution in [0.1, 0.15) is 36.9 Å². The Balaban J connectivity index is 1.91. The van der Waals surface area contributed by atoms with Gasteiger partial charge in [0.05, 0.1) is 0 Å². The topological polar surface area (TPSA) is 12.0 Å². The molecule has 1 atom stereocenters. The van der Waals surface area contributed by atoms with Gasteiger partial charge in [-0.1, -0.05) is 29.8 Å². The lowest BCUT2D eigenvalue weighted by molar-refractivity contribution is 0.431. The molecule has 2 rings (SSSR count). The van der Waals surface area contributed by atoms with E-state index >= 15 is 0 Å². The maximum absolute atomic E-state index is 3.74. The minimum absolute atomic E-state index is 0.480. The van der Waals surface area contributed by atoms with Crippen LogP contribution in [0.3, 0.4) is 0 Å². The minimum Gasteiger partial charge on any atom is -0.307 e. The predicted molar refractivity (Wildman–Crippen MR) is 73.1 cm³/mol. The van der Waals surface area contributed by atoms with E-state index in [2.05, 4.69) is 55.2 Å². The molecule has 0 spiro atoms. The predicted octanol–water partition coefficient (Wildman–Crippen LogP) is 3.54. The highest BCUT2D eigenvalue weighted by atomic mass is 32.2. The summed E-state index contributed by atoms with van der Waals surface area (Å²) in [5.41, 5.74) is 2.74. The first-order valence-corrected chi connectivity index (χ1v) is 7.31. The zero-order valence-electron chi connectivity index (χ0n) is 10.2. The van der Waals surface area contributed by atoms with Gasteiger partial charge in [0.25, 0.3) is 0 Å². The lowest BCUT2D eigenvalue weighted by atomic mass is 10.0. The van der Waals surface area contributed by atoms with E-state index in [1.54, 1.807) is 0 Å². The Labute approximate surface area is 103 Å². The number of benzene rings is 1. The molecule has 1 aliphatic heterocycles. The van der Waals surface area contributed by atoms with Crippen molar-refractivity contribution in [3.8, 4) is 0 Å². The van der Waals surface area contributed by atoms with Crippen molar-refractivity contribution >= 4 is 11.8 Å². The average Bonchev–Trinajstić information content (AvgIpc) is 2.31. The molecule has 88 valence electrons. The van der Waals surface area contributed by atoms with Gasteiger partial charge in [0, 0.05) is 12.1 Å². The Kier molecular flexibility index (Phi) is 4.30. The molecule has 1 fully saturated rings. The summed E-state index contributed by atoms with van der Waals surface area (Å²) in [6.07, 6.45) is 2.64. The van der Waals surface area contributed by atoms with Crippen LogP contribution >= 0.6 is 11.8 Å². The second-order valence-corrected chi connectivity index (χ2v) is 5.91. The van der Waals surface area contributed by atoms with Crippen molar-refractivity contribution in [1.82, 2.24) is 5.32 Å². The molecular weight excluding hydrogens is 214 g/mol. The van der Waals surface area contributed by atoms with Crippen LogP contribution in [-0.4, -0.2) is 17.5 Å². The summed E-state index contributed by atoms with van der Waals surface area (Å²) in [6, 6.07) is 10.1. The fourth-order valence-electron chi connectivity index (χ4n) is 2.17. The van der Waals surface area contributed by atoms with Crippen molar-refractivity contribution in [2.24, 2.45) is 0 Å². The van der Waals surface area contributed by atoms with E-state index in [0.717, 1.165) is 6.04 Å². The van der Waals surface area contributed by atoms with E-state index in [1.807, 2.05) is 0 Å². The molecule has 0 radical (unpaired) electrons. The quantitative estimate of drug-likeness (QED) is 0.860. The van der Waals surface area contributed by atoms with Crippen LogP contribution in [0, 0.1) is 6.92 Å². The van der Waals surface area contributed by atoms with Crippen LogP contribution in [0.5, 0.6) is 0 Å². The molecule has 0 aromatic heterocycles. The van der Waals surface area contributed by atoms with E-state index in [4.69, 9.17) is 0 Å². The summed E-state index contributed by atoms with van der Waals surface area (Å²) in [5.74, 6) is 2.64. The van der Waals surface area contributed by atoms with Crippen LogP contribution in [0.2, 0.25) is 0 Å². The molecule has 0 aliphatic carbocycles. The third-order valence-corrected chi connectivity index (χ3v) is 4.33. The van der Waals surface area contributed by atoms with Crippen molar-refractivity contribution in [3.63, 3.8) is 0 Å². The van der Waals surface area contributed by atoms with Gasteiger partial charge in [-0.15, -0.1) is 0 Å². The Morgan fingerprint density at radius 2 is 1.81 bits per heavy atom. The van der Waals surface area contributed by atoms with Gasteiger partial charge in [0.2, 0.25) is 0 Å². The van der Waals surface area contributed by atoms with Gasteiger partial charge in [0.1, 0.15) is 0 Å². The summed E-state index contributed by atoms with van der Waals surface area (Å²) < 4.78 is 0. The van der Waals surface area contributed by atoms with Gasteiger partial charge in [-0.3, -0.25) is 0 Å². The molecule has 1 aromatic carbocycles. The molecule has 2 heteroatoms. The van der Waals surface area contributed by atoms with E-state index in [9.17, 15) is 0 Å². The van der Waals surface area contributed by atoms with E-state index in [1.165, 1.54) is 35.5 Å². The van der Waals surface area contributed by atoms with Crippen LogP contribution < -0.4 is 5.32 Å². The van der Waals surface area contributed by atoms with Crippen LogP contribution in [-0.2, 0) is 0 Å². The zero-order valence-corrected chi connectivity index (χ0v) is 11.0. The van der Waals surface area contributed by atoms with Gasteiger partial charge in [-0.05, 0) is 43.8 Å². The van der Waals surface area contributed by atoms with E-state index < -0.39 is 0 Å². The van der Waals surface area contributed by atoms with Crippen molar-refractivity contribution in [2.75, 3.05) is 11.5 Å². The van der Waals surface area contributed by atoms with E-state index in [-0.39, 0.29) is 0 Å². The van der Waals surface area contributed by atoms with Gasteiger partial charge in [0.15, 0.2) is 0 Å². The lowest BCUT2D eigenvalue weighted by Crippen LogP contribution is -2.34. The second-order valence-electron chi connectivity index (χ2n) is 4.69. The molecule has 1 nitrogen and oxygen atoms in total. The highest BCUT2D eigenvalue weighted by Crippen LogP contribution is 2.21. The number of aryl methyl sites for hydroxylation is 1. The monoisotopic (exact) mass is 235 g/mol. The standard InChI is InChI=1S/C14H21NS/c1-11-3-5-13(6-4-11)12(2)15-14-7-9-16-10-8-14/h3-6,12,14-15H,7-10H2,1-2H3. The number of thioether (sulfide) groups is 1. The normalized spacial score (nSPS) is 19.6. The Morgan fingerprint density at radius 3 is 2.44 bits per heavy atom. The second kappa shape index (κ2) is 5.74. The molecule has 1 unspecified atom stereocenters. The lowest BCUT2D eigenvalue weighted by Gasteiger charge is -2.26. The summed E-state index contributed by atoms with van der Waals surface area (Å²) in [7, 11) is 0. The first-order chi connectivity index (χ1) is 7.75. The molecule has 0 bridgehead atoms. The largest absolute Gasteiger partial charge is 0.307 e. The van der Waals surface area contributed by atoms with Crippen molar-refractivity contribution in [3.05, 3.63) is 35.4 Å². The Hall–Kier alpha value is -0.470. The molecule has 1 N–H and O–H groups in total. The van der Waals surface area contributed by atoms with Gasteiger partial charge < -0.3 is 5.32 Å². The Bertz CT molecular complexity index is 314. The SMILES string of the molecule is Cc1ccc(C(C)NC2CCSCC2)cc1. The zero-order chi connectivity index (χ0) is 11.4. The molecule has 1 heterocycles. The third kappa shape index (κ3) is 3.26. The van der Waals surface area contributed by atoms with Crippen molar-refractivity contribution in [2.45, 2.75) is 38.8 Å². The number of hydrogen-bond donors (Lipinski definition) is 1. The summed E-state index contributed by atoms with van der Waals surface area (Å²) in [6.45, 7) is 4.41. The van der Waals surface area contributed by atoms with Crippen LogP contribution in [0.4, 0.5) is 0 Å². The highest BCUT2D eigenvalue weighted by molar-refractivity contribution is 7.99. The molecule has 0 saturated carbocycles. The van der Waals surface area contributed by atoms with Gasteiger partial charge >= 0.3 is 0 Å². The minimum atomic E-state index is 0.480. The molecule has 1 aliphatic rings. The molecular formula is C14H21NS. The molecule has 1 saturated heterocycles. The number of nitrogens with one attached hydrogen (secondary N) is 1. The summed E-state index contributed by atoms with van der Waals surface area (Å²) in [4.78, 5) is 0. The number of hydrogen-bond acceptors (Lipinski definition) is 2. The maximum Gasteiger partial charge on any atom is 0.0294 e. The summed E-state index contributed by atoms with van der Waals surface area (Å²) in [5, 5.41) is 3.74. The first-order valence-electron chi connectivity index (χ1n) is 6.16. The average molecular weight is 235 g/mol. The van der Waals surface area contributed by atoms with E-state index in [0.29, 0.717) is 6.04 Å². The summed E-state index contributed by atoms with van der Waals surface area (Å²) >= 11 is 2.08. The van der Waals surface area contributed by atoms with Gasteiger partial charge in [-0.2, -0.15) is 11.8 Å². The molecule has 1 aromatic rings. The Morgan fingerprint density at radius 1 is 1.19 bits per heavy atom. The van der Waals surface area contributed by atoms with Gasteiger partial charge in [-0.25, -0.2) is 0 Å². The maximum atomic E-state index is 3.74. The fourth-order valence-corrected chi connectivity index (χ4v) is 3.28. The smallest absolute Gasteiger partial charge is 0.0294 e. The first kappa shape index (κ1) is 12.0. The third-order valence-electron chi connectivity index (χ3n) is 3.28. The fraction of sp³-hybridized carbons (Fsp3) is 0.571. The van der Waals surface area contributed by atoms with Crippen LogP contribution in [0.15, 0.2) is 24.3 Å². The molecule has 0 amide bonds. The highest BCUT2D eigenvalue weighted by Gasteiger charge is 2.16.